The fourth-order valence-electron chi connectivity index (χ4n) is 1.48. The predicted octanol–water partition coefficient (Wildman–Crippen LogP) is 2.89. The Morgan fingerprint density at radius 2 is 2.00 bits per heavy atom. The number of imidazole rings is 1. The van der Waals surface area contributed by atoms with Gasteiger partial charge in [-0.05, 0) is 19.9 Å². The van der Waals surface area contributed by atoms with Crippen molar-refractivity contribution in [1.29, 1.82) is 0 Å². The molecule has 16 heavy (non-hydrogen) atoms. The van der Waals surface area contributed by atoms with Crippen molar-refractivity contribution in [1.82, 2.24) is 9.38 Å². The molecule has 86 valence electrons. The second-order valence-corrected chi connectivity index (χ2v) is 3.20. The Hall–Kier alpha value is -1.91. The van der Waals surface area contributed by atoms with Gasteiger partial charge in [0.2, 0.25) is 5.65 Å². The molecule has 0 radical (unpaired) electrons. The zero-order valence-electron chi connectivity index (χ0n) is 9.89. The van der Waals surface area contributed by atoms with Gasteiger partial charge in [0.15, 0.2) is 0 Å². The van der Waals surface area contributed by atoms with Crippen LogP contribution in [-0.2, 0) is 0 Å². The minimum absolute atomic E-state index is 0.0839. The minimum atomic E-state index is -0.392. The zero-order valence-corrected chi connectivity index (χ0v) is 9.89. The Morgan fingerprint density at radius 1 is 1.38 bits per heavy atom. The molecule has 0 fully saturated rings. The lowest BCUT2D eigenvalue weighted by molar-refractivity contribution is -0.384. The molecular formula is C11H15N3O2. The Kier molecular flexibility index (Phi) is 3.60. The van der Waals surface area contributed by atoms with Crippen molar-refractivity contribution in [3.8, 4) is 0 Å². The average molecular weight is 221 g/mol. The molecule has 0 aliphatic carbocycles. The van der Waals surface area contributed by atoms with Crippen LogP contribution in [0.1, 0.15) is 25.1 Å². The number of nitro groups is 1. The molecule has 0 saturated heterocycles. The molecule has 0 amide bonds. The lowest BCUT2D eigenvalue weighted by Crippen LogP contribution is -1.97. The van der Waals surface area contributed by atoms with Crippen LogP contribution in [0.5, 0.6) is 0 Å². The number of nitrogens with zero attached hydrogens (tertiary/aromatic N) is 3. The summed E-state index contributed by atoms with van der Waals surface area (Å²) in [5, 5.41) is 10.8. The molecule has 0 aliphatic heterocycles. The van der Waals surface area contributed by atoms with Crippen LogP contribution in [0, 0.1) is 24.0 Å². The number of pyridine rings is 1. The topological polar surface area (TPSA) is 60.4 Å². The Labute approximate surface area is 93.9 Å². The lowest BCUT2D eigenvalue weighted by atomic mass is 10.2. The van der Waals surface area contributed by atoms with E-state index in [-0.39, 0.29) is 5.69 Å². The summed E-state index contributed by atoms with van der Waals surface area (Å²) >= 11 is 0. The van der Waals surface area contributed by atoms with E-state index in [4.69, 9.17) is 0 Å². The summed E-state index contributed by atoms with van der Waals surface area (Å²) in [4.78, 5) is 14.4. The van der Waals surface area contributed by atoms with E-state index in [1.165, 1.54) is 0 Å². The summed E-state index contributed by atoms with van der Waals surface area (Å²) in [5.41, 5.74) is 2.02. The van der Waals surface area contributed by atoms with Crippen LogP contribution >= 0.6 is 0 Å². The third-order valence-corrected chi connectivity index (χ3v) is 2.22. The van der Waals surface area contributed by atoms with Gasteiger partial charge < -0.3 is 0 Å². The largest absolute Gasteiger partial charge is 0.315 e. The molecular weight excluding hydrogens is 206 g/mol. The smallest absolute Gasteiger partial charge is 0.299 e. The molecule has 0 unspecified atom stereocenters. The van der Waals surface area contributed by atoms with Crippen LogP contribution in [-0.4, -0.2) is 14.3 Å². The number of hydrogen-bond acceptors (Lipinski definition) is 3. The van der Waals surface area contributed by atoms with Gasteiger partial charge >= 0.3 is 5.69 Å². The molecule has 0 aliphatic rings. The molecule has 0 N–H and O–H groups in total. The Balaban J connectivity index is 0.000000606. The molecule has 0 aromatic carbocycles. The third-order valence-electron chi connectivity index (χ3n) is 2.22. The summed E-state index contributed by atoms with van der Waals surface area (Å²) in [6.07, 6.45) is 3.42. The molecule has 5 heteroatoms. The van der Waals surface area contributed by atoms with Crippen LogP contribution in [0.4, 0.5) is 5.69 Å². The van der Waals surface area contributed by atoms with Crippen molar-refractivity contribution in [3.05, 3.63) is 39.8 Å². The van der Waals surface area contributed by atoms with Crippen LogP contribution in [0.25, 0.3) is 5.65 Å². The van der Waals surface area contributed by atoms with Crippen molar-refractivity contribution in [2.24, 2.45) is 0 Å². The van der Waals surface area contributed by atoms with Crippen molar-refractivity contribution < 1.29 is 4.92 Å². The fourth-order valence-corrected chi connectivity index (χ4v) is 1.48. The molecule has 2 rings (SSSR count). The molecule has 2 aromatic heterocycles. The molecule has 0 spiro atoms. The summed E-state index contributed by atoms with van der Waals surface area (Å²) < 4.78 is 1.71. The standard InChI is InChI=1S/C9H9N3O2.C2H6/c1-6-3-4-11-7(2)5-10-9(11)8(6)12(13)14;1-2/h3-5H,1-2H3;1-2H3. The third kappa shape index (κ3) is 1.88. The highest BCUT2D eigenvalue weighted by Crippen LogP contribution is 2.23. The van der Waals surface area contributed by atoms with Crippen LogP contribution < -0.4 is 0 Å². The van der Waals surface area contributed by atoms with Gasteiger partial charge in [-0.15, -0.1) is 0 Å². The van der Waals surface area contributed by atoms with E-state index >= 15 is 0 Å². The minimum Gasteiger partial charge on any atom is -0.299 e. The Bertz CT molecular complexity index is 517. The van der Waals surface area contributed by atoms with E-state index in [1.807, 2.05) is 20.8 Å². The maximum absolute atomic E-state index is 10.8. The van der Waals surface area contributed by atoms with Gasteiger partial charge in [-0.3, -0.25) is 14.5 Å². The van der Waals surface area contributed by atoms with E-state index in [1.54, 1.807) is 29.8 Å². The van der Waals surface area contributed by atoms with E-state index in [0.717, 1.165) is 5.69 Å². The molecule has 0 atom stereocenters. The van der Waals surface area contributed by atoms with Gasteiger partial charge in [-0.2, -0.15) is 0 Å². The second-order valence-electron chi connectivity index (χ2n) is 3.20. The first-order valence-corrected chi connectivity index (χ1v) is 5.19. The number of rotatable bonds is 1. The maximum atomic E-state index is 10.8. The van der Waals surface area contributed by atoms with Crippen molar-refractivity contribution in [2.75, 3.05) is 0 Å². The number of hydrogen-bond donors (Lipinski definition) is 0. The monoisotopic (exact) mass is 221 g/mol. The van der Waals surface area contributed by atoms with E-state index in [0.29, 0.717) is 11.2 Å². The van der Waals surface area contributed by atoms with Gasteiger partial charge in [-0.25, -0.2) is 4.98 Å². The summed E-state index contributed by atoms with van der Waals surface area (Å²) in [6.45, 7) is 7.57. The van der Waals surface area contributed by atoms with Gasteiger partial charge in [0, 0.05) is 23.7 Å². The second kappa shape index (κ2) is 4.74. The van der Waals surface area contributed by atoms with Crippen LogP contribution in [0.2, 0.25) is 0 Å². The van der Waals surface area contributed by atoms with Gasteiger partial charge in [-0.1, -0.05) is 13.8 Å². The highest BCUT2D eigenvalue weighted by Gasteiger charge is 2.17. The molecule has 2 aromatic rings. The first-order valence-electron chi connectivity index (χ1n) is 5.19. The van der Waals surface area contributed by atoms with Crippen LogP contribution in [0.15, 0.2) is 18.5 Å². The summed E-state index contributed by atoms with van der Waals surface area (Å²) in [6, 6.07) is 1.72. The maximum Gasteiger partial charge on any atom is 0.315 e. The molecule has 0 bridgehead atoms. The molecule has 2 heterocycles. The first kappa shape index (κ1) is 12.2. The highest BCUT2D eigenvalue weighted by atomic mass is 16.6. The summed E-state index contributed by atoms with van der Waals surface area (Å²) in [5.74, 6) is 0. The zero-order chi connectivity index (χ0) is 12.3. The molecule has 5 nitrogen and oxygen atoms in total. The normalized spacial score (nSPS) is 9.75. The number of aromatic nitrogens is 2. The number of aryl methyl sites for hydroxylation is 2. The predicted molar refractivity (Wildman–Crippen MR) is 62.7 cm³/mol. The Morgan fingerprint density at radius 3 is 2.56 bits per heavy atom. The average Bonchev–Trinajstić information content (AvgIpc) is 2.62. The van der Waals surface area contributed by atoms with Crippen LogP contribution in [0.3, 0.4) is 0 Å². The van der Waals surface area contributed by atoms with Crippen molar-refractivity contribution in [3.63, 3.8) is 0 Å². The van der Waals surface area contributed by atoms with E-state index < -0.39 is 4.92 Å². The van der Waals surface area contributed by atoms with Crippen molar-refractivity contribution >= 4 is 11.3 Å². The highest BCUT2D eigenvalue weighted by molar-refractivity contribution is 5.63. The summed E-state index contributed by atoms with van der Waals surface area (Å²) in [7, 11) is 0. The van der Waals surface area contributed by atoms with Gasteiger partial charge in [0.25, 0.3) is 0 Å². The number of fused-ring (bicyclic) bond motifs is 1. The fraction of sp³-hybridized carbons (Fsp3) is 0.364. The quantitative estimate of drug-likeness (QED) is 0.549. The van der Waals surface area contributed by atoms with E-state index in [2.05, 4.69) is 4.98 Å². The lowest BCUT2D eigenvalue weighted by Gasteiger charge is -1.99. The molecule has 0 saturated carbocycles. The van der Waals surface area contributed by atoms with E-state index in [9.17, 15) is 10.1 Å². The first-order chi connectivity index (χ1) is 7.61. The van der Waals surface area contributed by atoms with Crippen molar-refractivity contribution in [2.45, 2.75) is 27.7 Å². The van der Waals surface area contributed by atoms with Gasteiger partial charge in [0.05, 0.1) is 4.92 Å². The van der Waals surface area contributed by atoms with Gasteiger partial charge in [0.1, 0.15) is 0 Å². The SMILES string of the molecule is CC.Cc1ccn2c(C)cnc2c1[N+](=O)[O-].